The van der Waals surface area contributed by atoms with Gasteiger partial charge in [0, 0.05) is 0 Å². The standard InChI is InChI=1S/C8H9F9O6.C5H11FO3.4CH4/c9-5(10,3-20-2-4(19)1-18)21-8(15,16)22-6(11,12)7(13,14)23-17;6-1-2-9-4-5(8)3-7;;;;/h4,18-19H,1-3H2;5,7-8H,1-4H2;4*1H4. The molecule has 228 valence electrons. The molecule has 0 aliphatic rings. The van der Waals surface area contributed by atoms with Crippen LogP contribution in [0.1, 0.15) is 29.7 Å². The first-order valence-corrected chi connectivity index (χ1v) is 7.99. The zero-order valence-electron chi connectivity index (χ0n) is 15.7. The predicted octanol–water partition coefficient (Wildman–Crippen LogP) is 3.49. The molecule has 2 atom stereocenters. The normalized spacial score (nSPS) is 13.5. The quantitative estimate of drug-likeness (QED) is 0.125. The van der Waals surface area contributed by atoms with Crippen molar-refractivity contribution in [3.05, 3.63) is 0 Å². The highest BCUT2D eigenvalue weighted by Gasteiger charge is 2.67. The predicted molar refractivity (Wildman–Crippen MR) is 105 cm³/mol. The van der Waals surface area contributed by atoms with Gasteiger partial charge >= 0.3 is 24.6 Å². The third kappa shape index (κ3) is 22.2. The highest BCUT2D eigenvalue weighted by Crippen LogP contribution is 2.42. The van der Waals surface area contributed by atoms with Crippen molar-refractivity contribution in [3.63, 3.8) is 0 Å². The zero-order valence-corrected chi connectivity index (χ0v) is 15.7. The molecular formula is C17H36F10O9. The van der Waals surface area contributed by atoms with E-state index in [1.165, 1.54) is 4.94 Å². The molecule has 0 aromatic carbocycles. The van der Waals surface area contributed by atoms with Gasteiger partial charge in [-0.2, -0.15) is 26.3 Å². The van der Waals surface area contributed by atoms with Crippen molar-refractivity contribution in [2.24, 2.45) is 0 Å². The largest absolute Gasteiger partial charge is 0.495 e. The number of rotatable bonds is 16. The molecule has 0 bridgehead atoms. The second kappa shape index (κ2) is 22.0. The highest BCUT2D eigenvalue weighted by atomic mass is 19.4. The summed E-state index contributed by atoms with van der Waals surface area (Å²) in [6, 6.07) is 0. The summed E-state index contributed by atoms with van der Waals surface area (Å²) in [7, 11) is 0. The molecule has 0 saturated heterocycles. The molecule has 0 amide bonds. The van der Waals surface area contributed by atoms with E-state index < -0.39 is 63.3 Å². The van der Waals surface area contributed by atoms with Crippen molar-refractivity contribution >= 4 is 0 Å². The van der Waals surface area contributed by atoms with Gasteiger partial charge in [-0.25, -0.2) is 13.9 Å². The molecule has 9 nitrogen and oxygen atoms in total. The van der Waals surface area contributed by atoms with Crippen LogP contribution in [-0.2, 0) is 23.9 Å². The summed E-state index contributed by atoms with van der Waals surface area (Å²) in [5.41, 5.74) is 0. The molecule has 2 unspecified atom stereocenters. The fourth-order valence-corrected chi connectivity index (χ4v) is 1.17. The van der Waals surface area contributed by atoms with Crippen LogP contribution >= 0.6 is 0 Å². The second-order valence-corrected chi connectivity index (χ2v) is 5.37. The molecule has 0 fully saturated rings. The van der Waals surface area contributed by atoms with E-state index >= 15 is 0 Å². The molecule has 0 aromatic heterocycles. The molecule has 19 heteroatoms. The van der Waals surface area contributed by atoms with E-state index in [0.29, 0.717) is 0 Å². The summed E-state index contributed by atoms with van der Waals surface area (Å²) in [5.74, 6) is 0. The number of hydrogen-bond donors (Lipinski definition) is 4. The summed E-state index contributed by atoms with van der Waals surface area (Å²) < 4.78 is 136. The summed E-state index contributed by atoms with van der Waals surface area (Å²) in [6.45, 7) is -4.88. The van der Waals surface area contributed by atoms with Crippen LogP contribution in [0.4, 0.5) is 44.0 Å². The maximum absolute atomic E-state index is 12.8. The van der Waals surface area contributed by atoms with Gasteiger partial charge in [0.25, 0.3) is 0 Å². The van der Waals surface area contributed by atoms with E-state index in [-0.39, 0.29) is 49.5 Å². The Morgan fingerprint density at radius 3 is 1.44 bits per heavy atom. The van der Waals surface area contributed by atoms with Gasteiger partial charge in [-0.1, -0.05) is 29.7 Å². The van der Waals surface area contributed by atoms with Crippen LogP contribution in [0.15, 0.2) is 0 Å². The Labute approximate surface area is 202 Å². The van der Waals surface area contributed by atoms with Crippen LogP contribution in [0.3, 0.4) is 0 Å². The van der Waals surface area contributed by atoms with Crippen LogP contribution in [0, 0.1) is 0 Å². The van der Waals surface area contributed by atoms with E-state index in [4.69, 9.17) is 20.4 Å². The number of aliphatic hydroxyl groups excluding tert-OH is 4. The molecule has 36 heavy (non-hydrogen) atoms. The average molecular weight is 574 g/mol. The van der Waals surface area contributed by atoms with Gasteiger partial charge < -0.3 is 29.9 Å². The Morgan fingerprint density at radius 2 is 1.08 bits per heavy atom. The lowest BCUT2D eigenvalue weighted by Gasteiger charge is -2.28. The lowest BCUT2D eigenvalue weighted by molar-refractivity contribution is -0.567. The Bertz CT molecular complexity index is 492. The van der Waals surface area contributed by atoms with Crippen molar-refractivity contribution in [2.45, 2.75) is 66.5 Å². The molecule has 0 aliphatic carbocycles. The molecule has 0 aliphatic heterocycles. The second-order valence-electron chi connectivity index (χ2n) is 5.37. The van der Waals surface area contributed by atoms with Gasteiger partial charge in [0.2, 0.25) is 0 Å². The maximum Gasteiger partial charge on any atom is 0.495 e. The van der Waals surface area contributed by atoms with Gasteiger partial charge in [0.05, 0.1) is 33.0 Å². The van der Waals surface area contributed by atoms with E-state index in [9.17, 15) is 44.0 Å². The Kier molecular flexibility index (Phi) is 29.3. The first-order chi connectivity index (χ1) is 14.5. The minimum Gasteiger partial charge on any atom is -0.394 e. The SMILES string of the molecule is C.C.C.C.OCC(O)COCC(F)(F)OC(F)(F)OC(F)(F)C(F)(F)OF.OCC(O)COCCF. The molecule has 4 N–H and O–H groups in total. The van der Waals surface area contributed by atoms with E-state index in [1.54, 1.807) is 0 Å². The highest BCUT2D eigenvalue weighted by molar-refractivity contribution is 4.66. The maximum atomic E-state index is 12.8. The Hall–Kier alpha value is -1.06. The summed E-state index contributed by atoms with van der Waals surface area (Å²) in [4.78, 5) is 1.42. The minimum atomic E-state index is -6.37. The lowest BCUT2D eigenvalue weighted by Crippen LogP contribution is -2.50. The Morgan fingerprint density at radius 1 is 0.667 bits per heavy atom. The first kappa shape index (κ1) is 48.1. The third-order valence-corrected chi connectivity index (χ3v) is 2.48. The van der Waals surface area contributed by atoms with Crippen LogP contribution in [0.2, 0.25) is 0 Å². The van der Waals surface area contributed by atoms with Crippen molar-refractivity contribution in [1.29, 1.82) is 0 Å². The minimum absolute atomic E-state index is 0. The van der Waals surface area contributed by atoms with Gasteiger partial charge in [-0.15, -0.1) is 13.7 Å². The van der Waals surface area contributed by atoms with Crippen molar-refractivity contribution < 1.29 is 88.4 Å². The Balaban J connectivity index is -0.000000149. The summed E-state index contributed by atoms with van der Waals surface area (Å²) in [5, 5.41) is 33.8. The van der Waals surface area contributed by atoms with Crippen LogP contribution in [-0.4, -0.2) is 104 Å². The topological polar surface area (TPSA) is 127 Å². The summed E-state index contributed by atoms with van der Waals surface area (Å²) in [6.07, 6.45) is -26.2. The van der Waals surface area contributed by atoms with Crippen LogP contribution in [0.5, 0.6) is 0 Å². The van der Waals surface area contributed by atoms with Gasteiger partial charge in [0.1, 0.15) is 25.5 Å². The smallest absolute Gasteiger partial charge is 0.394 e. The van der Waals surface area contributed by atoms with Crippen molar-refractivity contribution in [1.82, 2.24) is 0 Å². The molecule has 0 aromatic rings. The number of halogens is 10. The van der Waals surface area contributed by atoms with Gasteiger partial charge in [0.15, 0.2) is 0 Å². The van der Waals surface area contributed by atoms with Gasteiger partial charge in [-0.05, 0) is 4.53 Å². The monoisotopic (exact) mass is 574 g/mol. The lowest BCUT2D eigenvalue weighted by atomic mass is 10.4. The molecular weight excluding hydrogens is 538 g/mol. The summed E-state index contributed by atoms with van der Waals surface area (Å²) >= 11 is 0. The molecule has 0 saturated carbocycles. The van der Waals surface area contributed by atoms with Crippen molar-refractivity contribution in [3.8, 4) is 0 Å². The molecule has 0 radical (unpaired) electrons. The molecule has 0 spiro atoms. The van der Waals surface area contributed by atoms with Crippen LogP contribution < -0.4 is 0 Å². The third-order valence-electron chi connectivity index (χ3n) is 2.48. The first-order valence-electron chi connectivity index (χ1n) is 7.99. The van der Waals surface area contributed by atoms with E-state index in [1.807, 2.05) is 4.74 Å². The number of ether oxygens (including phenoxy) is 4. The van der Waals surface area contributed by atoms with Gasteiger partial charge in [-0.3, -0.25) is 0 Å². The number of hydrogen-bond acceptors (Lipinski definition) is 9. The average Bonchev–Trinajstić information content (AvgIpc) is 2.66. The van der Waals surface area contributed by atoms with Crippen molar-refractivity contribution in [2.75, 3.05) is 46.3 Å². The fourth-order valence-electron chi connectivity index (χ4n) is 1.17. The zero-order chi connectivity index (χ0) is 25.6. The number of alkyl halides is 9. The molecule has 0 rings (SSSR count). The number of aliphatic hydroxyl groups is 4. The van der Waals surface area contributed by atoms with E-state index in [0.717, 1.165) is 0 Å². The van der Waals surface area contributed by atoms with E-state index in [2.05, 4.69) is 14.2 Å². The molecule has 0 heterocycles. The fraction of sp³-hybridized carbons (Fsp3) is 1.00. The van der Waals surface area contributed by atoms with Crippen LogP contribution in [0.25, 0.3) is 0 Å².